The fourth-order valence-corrected chi connectivity index (χ4v) is 1.52. The van der Waals surface area contributed by atoms with Crippen LogP contribution in [-0.4, -0.2) is 12.5 Å². The Kier molecular flexibility index (Phi) is 4.43. The van der Waals surface area contributed by atoms with Gasteiger partial charge < -0.3 is 11.1 Å². The molecule has 1 aromatic rings. The third kappa shape index (κ3) is 3.13. The molecule has 15 heavy (non-hydrogen) atoms. The fraction of sp³-hybridized carbons (Fsp3) is 0.364. The van der Waals surface area contributed by atoms with Gasteiger partial charge >= 0.3 is 0 Å². The van der Waals surface area contributed by atoms with Crippen molar-refractivity contribution in [3.05, 3.63) is 28.8 Å². The Morgan fingerprint density at radius 3 is 2.87 bits per heavy atom. The van der Waals surface area contributed by atoms with Gasteiger partial charge in [0.2, 0.25) is 0 Å². The van der Waals surface area contributed by atoms with E-state index in [1.54, 1.807) is 18.2 Å². The highest BCUT2D eigenvalue weighted by Crippen LogP contribution is 2.21. The second-order valence-electron chi connectivity index (χ2n) is 3.31. The molecule has 3 N–H and O–H groups in total. The zero-order chi connectivity index (χ0) is 11.3. The van der Waals surface area contributed by atoms with Crippen LogP contribution < -0.4 is 11.1 Å². The summed E-state index contributed by atoms with van der Waals surface area (Å²) in [5.41, 5.74) is 6.47. The smallest absolute Gasteiger partial charge is 0.254 e. The van der Waals surface area contributed by atoms with Crippen molar-refractivity contribution in [3.8, 4) is 0 Å². The summed E-state index contributed by atoms with van der Waals surface area (Å²) in [7, 11) is 0. The number of nitrogens with one attached hydrogen (secondary N) is 1. The van der Waals surface area contributed by atoms with E-state index in [9.17, 15) is 4.79 Å². The van der Waals surface area contributed by atoms with Crippen LogP contribution in [0.1, 0.15) is 30.1 Å². The van der Waals surface area contributed by atoms with Gasteiger partial charge in [0, 0.05) is 12.2 Å². The lowest BCUT2D eigenvalue weighted by Crippen LogP contribution is -2.25. The molecule has 0 aliphatic carbocycles. The molecule has 1 rings (SSSR count). The quantitative estimate of drug-likeness (QED) is 0.612. The maximum Gasteiger partial charge on any atom is 0.254 e. The molecule has 0 unspecified atom stereocenters. The van der Waals surface area contributed by atoms with E-state index in [0.29, 0.717) is 22.8 Å². The van der Waals surface area contributed by atoms with Crippen LogP contribution in [0.25, 0.3) is 0 Å². The number of carbonyl (C=O) groups is 1. The predicted octanol–water partition coefficient (Wildman–Crippen LogP) is 2.45. The number of unbranched alkanes of at least 4 members (excludes halogenated alkanes) is 1. The van der Waals surface area contributed by atoms with E-state index in [1.807, 2.05) is 0 Å². The summed E-state index contributed by atoms with van der Waals surface area (Å²) in [4.78, 5) is 11.7. The van der Waals surface area contributed by atoms with Crippen molar-refractivity contribution in [2.75, 3.05) is 12.3 Å². The highest BCUT2D eigenvalue weighted by molar-refractivity contribution is 6.34. The van der Waals surface area contributed by atoms with Gasteiger partial charge in [0.05, 0.1) is 10.6 Å². The summed E-state index contributed by atoms with van der Waals surface area (Å²) in [6.07, 6.45) is 1.99. The number of halogens is 1. The lowest BCUT2D eigenvalue weighted by molar-refractivity contribution is 0.0954. The lowest BCUT2D eigenvalue weighted by Gasteiger charge is -2.08. The first-order valence-electron chi connectivity index (χ1n) is 4.99. The highest BCUT2D eigenvalue weighted by Gasteiger charge is 2.12. The highest BCUT2D eigenvalue weighted by atomic mass is 35.5. The summed E-state index contributed by atoms with van der Waals surface area (Å²) in [5, 5.41) is 3.17. The first-order valence-corrected chi connectivity index (χ1v) is 5.36. The molecule has 0 saturated heterocycles. The normalized spacial score (nSPS) is 10.0. The maximum absolute atomic E-state index is 11.7. The van der Waals surface area contributed by atoms with Gasteiger partial charge in [-0.1, -0.05) is 31.0 Å². The Hall–Kier alpha value is -1.22. The molecule has 0 fully saturated rings. The number of nitrogen functional groups attached to an aromatic ring is 1. The third-order valence-corrected chi connectivity index (χ3v) is 2.40. The molecule has 82 valence electrons. The third-order valence-electron chi connectivity index (χ3n) is 2.09. The molecular weight excluding hydrogens is 212 g/mol. The van der Waals surface area contributed by atoms with E-state index in [2.05, 4.69) is 12.2 Å². The molecule has 0 heterocycles. The standard InChI is InChI=1S/C11H15ClN2O/c1-2-3-7-14-11(15)10-8(12)5-4-6-9(10)13/h4-6H,2-3,7,13H2,1H3,(H,14,15). The number of rotatable bonds is 4. The summed E-state index contributed by atoms with van der Waals surface area (Å²) in [5.74, 6) is -0.202. The van der Waals surface area contributed by atoms with Gasteiger partial charge in [-0.25, -0.2) is 0 Å². The van der Waals surface area contributed by atoms with Crippen molar-refractivity contribution in [2.45, 2.75) is 19.8 Å². The Morgan fingerprint density at radius 1 is 1.53 bits per heavy atom. The average Bonchev–Trinajstić information content (AvgIpc) is 2.18. The SMILES string of the molecule is CCCCNC(=O)c1c(N)cccc1Cl. The number of amides is 1. The minimum absolute atomic E-state index is 0.202. The Bertz CT molecular complexity index is 332. The minimum Gasteiger partial charge on any atom is -0.398 e. The molecule has 0 aliphatic heterocycles. The molecule has 4 heteroatoms. The fourth-order valence-electron chi connectivity index (χ4n) is 1.25. The first kappa shape index (κ1) is 11.9. The second-order valence-corrected chi connectivity index (χ2v) is 3.72. The van der Waals surface area contributed by atoms with Crippen LogP contribution in [-0.2, 0) is 0 Å². The van der Waals surface area contributed by atoms with Crippen molar-refractivity contribution in [1.29, 1.82) is 0 Å². The minimum atomic E-state index is -0.202. The molecule has 1 aromatic carbocycles. The van der Waals surface area contributed by atoms with Gasteiger partial charge in [-0.15, -0.1) is 0 Å². The summed E-state index contributed by atoms with van der Waals surface area (Å²) < 4.78 is 0. The van der Waals surface area contributed by atoms with E-state index >= 15 is 0 Å². The Labute approximate surface area is 94.6 Å². The average molecular weight is 227 g/mol. The second kappa shape index (κ2) is 5.61. The predicted molar refractivity (Wildman–Crippen MR) is 63.1 cm³/mol. The van der Waals surface area contributed by atoms with Crippen LogP contribution in [0, 0.1) is 0 Å². The molecule has 1 amide bonds. The largest absolute Gasteiger partial charge is 0.398 e. The molecule has 0 aliphatic rings. The molecule has 0 aromatic heterocycles. The van der Waals surface area contributed by atoms with E-state index in [1.165, 1.54) is 0 Å². The van der Waals surface area contributed by atoms with Gasteiger partial charge in [-0.2, -0.15) is 0 Å². The number of benzene rings is 1. The van der Waals surface area contributed by atoms with E-state index in [-0.39, 0.29) is 5.91 Å². The van der Waals surface area contributed by atoms with Gasteiger partial charge in [0.15, 0.2) is 0 Å². The molecule has 0 saturated carbocycles. The Balaban J connectivity index is 2.73. The molecule has 0 bridgehead atoms. The lowest BCUT2D eigenvalue weighted by atomic mass is 10.1. The maximum atomic E-state index is 11.7. The van der Waals surface area contributed by atoms with Gasteiger partial charge in [-0.05, 0) is 18.6 Å². The monoisotopic (exact) mass is 226 g/mol. The summed E-state index contributed by atoms with van der Waals surface area (Å²) in [6, 6.07) is 5.05. The van der Waals surface area contributed by atoms with Crippen molar-refractivity contribution in [2.24, 2.45) is 0 Å². The van der Waals surface area contributed by atoms with Gasteiger partial charge in [0.1, 0.15) is 0 Å². The van der Waals surface area contributed by atoms with E-state index in [4.69, 9.17) is 17.3 Å². The number of nitrogens with two attached hydrogens (primary N) is 1. The molecule has 0 atom stereocenters. The number of carbonyl (C=O) groups excluding carboxylic acids is 1. The van der Waals surface area contributed by atoms with Crippen LogP contribution >= 0.6 is 11.6 Å². The molecule has 3 nitrogen and oxygen atoms in total. The van der Waals surface area contributed by atoms with E-state index < -0.39 is 0 Å². The zero-order valence-corrected chi connectivity index (χ0v) is 9.47. The van der Waals surface area contributed by atoms with Crippen molar-refractivity contribution < 1.29 is 4.79 Å². The molecule has 0 spiro atoms. The van der Waals surface area contributed by atoms with Crippen molar-refractivity contribution in [1.82, 2.24) is 5.32 Å². The summed E-state index contributed by atoms with van der Waals surface area (Å²) >= 11 is 5.90. The van der Waals surface area contributed by atoms with E-state index in [0.717, 1.165) is 12.8 Å². The van der Waals surface area contributed by atoms with Crippen LogP contribution in [0.15, 0.2) is 18.2 Å². The van der Waals surface area contributed by atoms with Crippen LogP contribution in [0.3, 0.4) is 0 Å². The van der Waals surface area contributed by atoms with Gasteiger partial charge in [0.25, 0.3) is 5.91 Å². The number of anilines is 1. The molecular formula is C11H15ClN2O. The van der Waals surface area contributed by atoms with Crippen LogP contribution in [0.4, 0.5) is 5.69 Å². The summed E-state index contributed by atoms with van der Waals surface area (Å²) in [6.45, 7) is 2.72. The Morgan fingerprint density at radius 2 is 2.27 bits per heavy atom. The zero-order valence-electron chi connectivity index (χ0n) is 8.72. The van der Waals surface area contributed by atoms with Crippen molar-refractivity contribution in [3.63, 3.8) is 0 Å². The van der Waals surface area contributed by atoms with Crippen LogP contribution in [0.5, 0.6) is 0 Å². The number of hydrogen-bond acceptors (Lipinski definition) is 2. The van der Waals surface area contributed by atoms with Crippen LogP contribution in [0.2, 0.25) is 5.02 Å². The topological polar surface area (TPSA) is 55.1 Å². The number of hydrogen-bond donors (Lipinski definition) is 2. The van der Waals surface area contributed by atoms with Gasteiger partial charge in [-0.3, -0.25) is 4.79 Å². The van der Waals surface area contributed by atoms with Crippen molar-refractivity contribution >= 4 is 23.2 Å². The molecule has 0 radical (unpaired) electrons. The first-order chi connectivity index (χ1) is 7.16.